The molecule has 4 rings (SSSR count). The molecule has 0 radical (unpaired) electrons. The SMILES string of the molecule is CCOC(=O)C(OCC1CCC(n2cnc3c(N)nc(Cc4ccccc4)nc32)O1)P(O)O. The van der Waals surface area contributed by atoms with Crippen molar-refractivity contribution in [1.29, 1.82) is 0 Å². The van der Waals surface area contributed by atoms with Crippen molar-refractivity contribution in [2.75, 3.05) is 18.9 Å². The van der Waals surface area contributed by atoms with Gasteiger partial charge in [-0.15, -0.1) is 0 Å². The first-order valence-corrected chi connectivity index (χ1v) is 11.9. The molecule has 33 heavy (non-hydrogen) atoms. The summed E-state index contributed by atoms with van der Waals surface area (Å²) in [5, 5.41) is 0. The second-order valence-electron chi connectivity index (χ2n) is 7.56. The van der Waals surface area contributed by atoms with Gasteiger partial charge in [-0.1, -0.05) is 30.3 Å². The maximum absolute atomic E-state index is 11.9. The van der Waals surface area contributed by atoms with E-state index in [0.717, 1.165) is 5.56 Å². The van der Waals surface area contributed by atoms with Crippen LogP contribution in [0.2, 0.25) is 0 Å². The molecule has 1 aliphatic heterocycles. The van der Waals surface area contributed by atoms with Crippen molar-refractivity contribution in [2.45, 2.75) is 44.4 Å². The van der Waals surface area contributed by atoms with Gasteiger partial charge in [0.05, 0.1) is 25.6 Å². The van der Waals surface area contributed by atoms with Crippen molar-refractivity contribution in [3.05, 3.63) is 48.0 Å². The van der Waals surface area contributed by atoms with Crippen LogP contribution in [0.5, 0.6) is 0 Å². The Morgan fingerprint density at radius 2 is 2.09 bits per heavy atom. The number of ether oxygens (including phenoxy) is 3. The van der Waals surface area contributed by atoms with E-state index in [0.29, 0.717) is 42.1 Å². The van der Waals surface area contributed by atoms with E-state index in [9.17, 15) is 14.6 Å². The minimum absolute atomic E-state index is 0.0168. The van der Waals surface area contributed by atoms with E-state index in [-0.39, 0.29) is 25.5 Å². The molecule has 0 amide bonds. The number of nitrogens with zero attached hydrogens (tertiary/aromatic N) is 4. The van der Waals surface area contributed by atoms with Crippen LogP contribution in [0.3, 0.4) is 0 Å². The zero-order chi connectivity index (χ0) is 23.4. The number of carbonyl (C=O) groups is 1. The first kappa shape index (κ1) is 23.5. The lowest BCUT2D eigenvalue weighted by atomic mass is 10.1. The number of rotatable bonds is 9. The standard InChI is InChI=1S/C21H26N5O6P/c1-2-30-20(27)21(33(28)29)31-11-14-8-9-16(32-14)26-12-23-17-18(22)24-15(25-19(17)26)10-13-6-4-3-5-7-13/h3-7,12,14,16,21,28-29H,2,8-11H2,1H3,(H2,22,24,25). The number of fused-ring (bicyclic) bond motifs is 1. The van der Waals surface area contributed by atoms with Gasteiger partial charge in [0.25, 0.3) is 0 Å². The number of nitrogens with two attached hydrogens (primary N) is 1. The predicted octanol–water partition coefficient (Wildman–Crippen LogP) is 1.88. The van der Waals surface area contributed by atoms with Gasteiger partial charge in [-0.3, -0.25) is 4.57 Å². The highest BCUT2D eigenvalue weighted by molar-refractivity contribution is 7.46. The number of esters is 1. The fourth-order valence-electron chi connectivity index (χ4n) is 3.71. The van der Waals surface area contributed by atoms with Gasteiger partial charge in [-0.2, -0.15) is 0 Å². The number of hydrogen-bond donors (Lipinski definition) is 3. The molecule has 3 unspecified atom stereocenters. The molecule has 11 nitrogen and oxygen atoms in total. The van der Waals surface area contributed by atoms with Gasteiger partial charge in [0, 0.05) is 6.42 Å². The van der Waals surface area contributed by atoms with E-state index in [2.05, 4.69) is 15.0 Å². The molecule has 176 valence electrons. The molecule has 0 saturated carbocycles. The van der Waals surface area contributed by atoms with Crippen molar-refractivity contribution in [3.63, 3.8) is 0 Å². The topological polar surface area (TPSA) is 155 Å². The van der Waals surface area contributed by atoms with E-state index in [1.807, 2.05) is 34.9 Å². The lowest BCUT2D eigenvalue weighted by Crippen LogP contribution is -2.29. The van der Waals surface area contributed by atoms with Crippen LogP contribution in [0.15, 0.2) is 36.7 Å². The molecule has 0 bridgehead atoms. The Bertz CT molecular complexity index is 1100. The number of anilines is 1. The number of nitrogen functional groups attached to an aromatic ring is 1. The fourth-order valence-corrected chi connectivity index (χ4v) is 4.19. The van der Waals surface area contributed by atoms with Crippen molar-refractivity contribution < 1.29 is 28.8 Å². The molecule has 12 heteroatoms. The highest BCUT2D eigenvalue weighted by Gasteiger charge is 2.33. The molecule has 1 aromatic carbocycles. The maximum Gasteiger partial charge on any atom is 0.344 e. The average molecular weight is 475 g/mol. The first-order valence-electron chi connectivity index (χ1n) is 10.6. The van der Waals surface area contributed by atoms with Gasteiger partial charge in [-0.25, -0.2) is 19.7 Å². The van der Waals surface area contributed by atoms with Gasteiger partial charge in [0.15, 0.2) is 11.5 Å². The number of carbonyl (C=O) groups excluding carboxylic acids is 1. The monoisotopic (exact) mass is 475 g/mol. The smallest absolute Gasteiger partial charge is 0.344 e. The molecule has 2 aromatic heterocycles. The number of imidazole rings is 1. The summed E-state index contributed by atoms with van der Waals surface area (Å²) in [6.45, 7) is 1.77. The maximum atomic E-state index is 11.9. The molecule has 0 aliphatic carbocycles. The van der Waals surface area contributed by atoms with Crippen LogP contribution in [-0.2, 0) is 25.4 Å². The minimum Gasteiger partial charge on any atom is -0.464 e. The van der Waals surface area contributed by atoms with Gasteiger partial charge in [-0.05, 0) is 25.3 Å². The highest BCUT2D eigenvalue weighted by atomic mass is 31.2. The van der Waals surface area contributed by atoms with Crippen molar-refractivity contribution in [3.8, 4) is 0 Å². The largest absolute Gasteiger partial charge is 0.464 e. The van der Waals surface area contributed by atoms with Crippen molar-refractivity contribution >= 4 is 31.3 Å². The van der Waals surface area contributed by atoms with Gasteiger partial charge >= 0.3 is 5.97 Å². The Hall–Kier alpha value is -2.69. The van der Waals surface area contributed by atoms with Crippen LogP contribution in [0.25, 0.3) is 11.2 Å². The second-order valence-corrected chi connectivity index (χ2v) is 8.67. The Labute approximate surface area is 191 Å². The van der Waals surface area contributed by atoms with Crippen LogP contribution in [0, 0.1) is 0 Å². The zero-order valence-corrected chi connectivity index (χ0v) is 19.0. The molecule has 1 saturated heterocycles. The number of hydrogen-bond acceptors (Lipinski definition) is 10. The molecule has 1 aliphatic rings. The fraction of sp³-hybridized carbons (Fsp3) is 0.429. The summed E-state index contributed by atoms with van der Waals surface area (Å²) in [5.41, 5.74) is 8.29. The molecule has 0 spiro atoms. The second kappa shape index (κ2) is 10.5. The summed E-state index contributed by atoms with van der Waals surface area (Å²) in [7, 11) is -2.63. The Morgan fingerprint density at radius 1 is 1.30 bits per heavy atom. The van der Waals surface area contributed by atoms with E-state index in [4.69, 9.17) is 19.9 Å². The Kier molecular flexibility index (Phi) is 7.46. The van der Waals surface area contributed by atoms with Crippen LogP contribution in [0.1, 0.15) is 37.4 Å². The van der Waals surface area contributed by atoms with E-state index >= 15 is 0 Å². The van der Waals surface area contributed by atoms with Crippen LogP contribution in [0.4, 0.5) is 5.82 Å². The summed E-state index contributed by atoms with van der Waals surface area (Å²) < 4.78 is 18.1. The lowest BCUT2D eigenvalue weighted by molar-refractivity contribution is -0.153. The third-order valence-electron chi connectivity index (χ3n) is 5.23. The molecule has 1 fully saturated rings. The van der Waals surface area contributed by atoms with Crippen LogP contribution in [-0.4, -0.2) is 60.4 Å². The third-order valence-corrected chi connectivity index (χ3v) is 6.01. The molecular weight excluding hydrogens is 449 g/mol. The quantitative estimate of drug-likeness (QED) is 0.309. The van der Waals surface area contributed by atoms with Crippen LogP contribution < -0.4 is 5.73 Å². The summed E-state index contributed by atoms with van der Waals surface area (Å²) in [5.74, 6) is -1.34. The van der Waals surface area contributed by atoms with Crippen molar-refractivity contribution in [1.82, 2.24) is 19.5 Å². The van der Waals surface area contributed by atoms with E-state index in [1.165, 1.54) is 0 Å². The van der Waals surface area contributed by atoms with Gasteiger partial charge in [0.1, 0.15) is 17.6 Å². The van der Waals surface area contributed by atoms with Crippen LogP contribution >= 0.6 is 8.38 Å². The summed E-state index contributed by atoms with van der Waals surface area (Å²) in [6, 6.07) is 9.87. The summed E-state index contributed by atoms with van der Waals surface area (Å²) in [4.78, 5) is 44.2. The summed E-state index contributed by atoms with van der Waals surface area (Å²) in [6.07, 6.45) is 2.77. The minimum atomic E-state index is -2.63. The predicted molar refractivity (Wildman–Crippen MR) is 120 cm³/mol. The molecular formula is C21H26N5O6P. The molecule has 3 aromatic rings. The lowest BCUT2D eigenvalue weighted by Gasteiger charge is -2.20. The van der Waals surface area contributed by atoms with Gasteiger partial charge in [0.2, 0.25) is 14.2 Å². The zero-order valence-electron chi connectivity index (χ0n) is 18.1. The normalized spacial score (nSPS) is 19.3. The Morgan fingerprint density at radius 3 is 2.82 bits per heavy atom. The third kappa shape index (κ3) is 5.45. The van der Waals surface area contributed by atoms with Crippen molar-refractivity contribution in [2.24, 2.45) is 0 Å². The summed E-state index contributed by atoms with van der Waals surface area (Å²) >= 11 is 0. The Balaban J connectivity index is 1.45. The number of aromatic nitrogens is 4. The van der Waals surface area contributed by atoms with E-state index in [1.54, 1.807) is 13.3 Å². The average Bonchev–Trinajstić information content (AvgIpc) is 3.42. The van der Waals surface area contributed by atoms with Gasteiger partial charge < -0.3 is 29.7 Å². The highest BCUT2D eigenvalue weighted by Crippen LogP contribution is 2.35. The molecule has 4 N–H and O–H groups in total. The number of benzene rings is 1. The van der Waals surface area contributed by atoms with E-state index < -0.39 is 20.2 Å². The molecule has 3 atom stereocenters. The molecule has 3 heterocycles. The first-order chi connectivity index (χ1) is 16.0.